The van der Waals surface area contributed by atoms with E-state index >= 15 is 0 Å². The Morgan fingerprint density at radius 2 is 1.00 bits per heavy atom. The molecule has 0 fully saturated rings. The van der Waals surface area contributed by atoms with Gasteiger partial charge in [-0.25, -0.2) is 9.59 Å². The van der Waals surface area contributed by atoms with Crippen LogP contribution in [-0.2, 0) is 25.9 Å². The fraction of sp³-hybridized carbons (Fsp3) is 0.533. The fourth-order valence-corrected chi connectivity index (χ4v) is 5.39. The van der Waals surface area contributed by atoms with Crippen molar-refractivity contribution < 1.29 is 19.8 Å². The number of nitrogens with zero attached hydrogens (tertiary/aromatic N) is 2. The zero-order valence-corrected chi connectivity index (χ0v) is 23.4. The molecule has 0 spiro atoms. The van der Waals surface area contributed by atoms with E-state index in [1.807, 2.05) is 90.1 Å². The molecule has 206 valence electrons. The molecule has 4 rings (SSSR count). The quantitative estimate of drug-likeness (QED) is 0.495. The number of hydrogen-bond acceptors (Lipinski definition) is 4. The molecule has 8 heteroatoms. The molecule has 38 heavy (non-hydrogen) atoms. The number of amides is 4. The summed E-state index contributed by atoms with van der Waals surface area (Å²) in [6, 6.07) is 13.8. The minimum Gasteiger partial charge on any atom is -0.388 e. The van der Waals surface area contributed by atoms with Crippen molar-refractivity contribution in [3.8, 4) is 0 Å². The summed E-state index contributed by atoms with van der Waals surface area (Å²) in [6.45, 7) is 12.1. The van der Waals surface area contributed by atoms with Gasteiger partial charge in [0.1, 0.15) is 12.2 Å². The maximum absolute atomic E-state index is 13.4. The van der Waals surface area contributed by atoms with Gasteiger partial charge in [-0.15, -0.1) is 0 Å². The number of nitrogens with one attached hydrogen (secondary N) is 2. The predicted molar refractivity (Wildman–Crippen MR) is 148 cm³/mol. The molecular formula is C30H42N4O4. The Bertz CT molecular complexity index is 1080. The van der Waals surface area contributed by atoms with Crippen molar-refractivity contribution in [3.63, 3.8) is 0 Å². The molecule has 2 aliphatic heterocycles. The molecule has 0 saturated heterocycles. The first kappa shape index (κ1) is 27.9. The van der Waals surface area contributed by atoms with E-state index in [1.165, 1.54) is 0 Å². The van der Waals surface area contributed by atoms with Crippen LogP contribution in [0, 0.1) is 0 Å². The number of carbonyl (C=O) groups excluding carboxylic acids is 2. The van der Waals surface area contributed by atoms with Crippen LogP contribution in [0.1, 0.15) is 63.8 Å². The molecule has 0 radical (unpaired) electrons. The van der Waals surface area contributed by atoms with Crippen molar-refractivity contribution in [2.75, 3.05) is 0 Å². The van der Waals surface area contributed by atoms with E-state index in [9.17, 15) is 19.8 Å². The molecule has 4 N–H and O–H groups in total. The van der Waals surface area contributed by atoms with Gasteiger partial charge in [-0.1, -0.05) is 48.5 Å². The van der Waals surface area contributed by atoms with Crippen molar-refractivity contribution in [2.24, 2.45) is 0 Å². The van der Waals surface area contributed by atoms with Gasteiger partial charge in [-0.2, -0.15) is 0 Å². The second-order valence-electron chi connectivity index (χ2n) is 12.7. The van der Waals surface area contributed by atoms with Gasteiger partial charge in [-0.3, -0.25) is 0 Å². The first-order valence-corrected chi connectivity index (χ1v) is 13.4. The normalized spacial score (nSPS) is 21.2. The SMILES string of the molecule is CC(C)(C)NC(=O)N1Cc2ccccc2CC1[C@@H](O)[C@H](O)[C@@H]1Cc2ccccc2CN1C(=O)NC(C)(C)C. The minimum atomic E-state index is -1.27. The standard InChI is InChI=1S/C30H42N4O4/c1-29(2,3)31-27(37)33-17-21-13-9-7-11-19(21)15-23(33)25(35)26(36)24-16-20-12-8-10-14-22(20)18-34(24)28(38)32-30(4,5)6/h7-14,23-26,35-36H,15-18H2,1-6H3,(H,31,37)(H,32,38)/t23-,24?,25+,26+/m0/s1. The number of hydrogen-bond donors (Lipinski definition) is 4. The van der Waals surface area contributed by atoms with E-state index in [-0.39, 0.29) is 12.1 Å². The van der Waals surface area contributed by atoms with E-state index < -0.39 is 35.4 Å². The summed E-state index contributed by atoms with van der Waals surface area (Å²) in [5.41, 5.74) is 3.20. The molecular weight excluding hydrogens is 480 g/mol. The Labute approximate surface area is 226 Å². The molecule has 4 amide bonds. The van der Waals surface area contributed by atoms with Crippen LogP contribution in [0.25, 0.3) is 0 Å². The lowest BCUT2D eigenvalue weighted by molar-refractivity contribution is -0.0684. The Hall–Kier alpha value is -3.10. The van der Waals surface area contributed by atoms with Crippen LogP contribution < -0.4 is 10.6 Å². The van der Waals surface area contributed by atoms with Gasteiger partial charge in [0.05, 0.1) is 12.1 Å². The first-order valence-electron chi connectivity index (χ1n) is 13.4. The van der Waals surface area contributed by atoms with Crippen LogP contribution in [0.2, 0.25) is 0 Å². The largest absolute Gasteiger partial charge is 0.388 e. The zero-order valence-electron chi connectivity index (χ0n) is 23.4. The maximum atomic E-state index is 13.4. The highest BCUT2D eigenvalue weighted by Gasteiger charge is 2.44. The Kier molecular flexibility index (Phi) is 7.77. The number of aliphatic hydroxyl groups excluding tert-OH is 2. The summed E-state index contributed by atoms with van der Waals surface area (Å²) >= 11 is 0. The van der Waals surface area contributed by atoms with Crippen molar-refractivity contribution in [1.29, 1.82) is 0 Å². The highest BCUT2D eigenvalue weighted by atomic mass is 16.3. The van der Waals surface area contributed by atoms with Gasteiger partial charge in [0.2, 0.25) is 0 Å². The third-order valence-corrected chi connectivity index (χ3v) is 7.20. The number of urea groups is 2. The van der Waals surface area contributed by atoms with E-state index in [0.717, 1.165) is 22.3 Å². The van der Waals surface area contributed by atoms with Gasteiger partial charge in [0.15, 0.2) is 0 Å². The van der Waals surface area contributed by atoms with E-state index in [2.05, 4.69) is 10.6 Å². The van der Waals surface area contributed by atoms with Crippen LogP contribution in [0.5, 0.6) is 0 Å². The monoisotopic (exact) mass is 522 g/mol. The molecule has 4 atom stereocenters. The highest BCUT2D eigenvalue weighted by Crippen LogP contribution is 2.31. The summed E-state index contributed by atoms with van der Waals surface area (Å²) in [7, 11) is 0. The molecule has 2 aliphatic rings. The summed E-state index contributed by atoms with van der Waals surface area (Å²) in [6.07, 6.45) is -1.73. The highest BCUT2D eigenvalue weighted by molar-refractivity contribution is 5.76. The van der Waals surface area contributed by atoms with Crippen molar-refractivity contribution in [3.05, 3.63) is 70.8 Å². The van der Waals surface area contributed by atoms with Crippen LogP contribution in [0.4, 0.5) is 9.59 Å². The Morgan fingerprint density at radius 3 is 1.32 bits per heavy atom. The van der Waals surface area contributed by atoms with Crippen LogP contribution in [-0.4, -0.2) is 67.4 Å². The minimum absolute atomic E-state index is 0.292. The Morgan fingerprint density at radius 1 is 0.684 bits per heavy atom. The van der Waals surface area contributed by atoms with Crippen LogP contribution >= 0.6 is 0 Å². The van der Waals surface area contributed by atoms with Crippen LogP contribution in [0.3, 0.4) is 0 Å². The van der Waals surface area contributed by atoms with Gasteiger partial charge < -0.3 is 30.6 Å². The number of rotatable bonds is 3. The van der Waals surface area contributed by atoms with Crippen LogP contribution in [0.15, 0.2) is 48.5 Å². The van der Waals surface area contributed by atoms with Gasteiger partial charge in [0, 0.05) is 24.2 Å². The van der Waals surface area contributed by atoms with E-state index in [4.69, 9.17) is 0 Å². The Balaban J connectivity index is 1.65. The lowest BCUT2D eigenvalue weighted by Crippen LogP contribution is -2.63. The predicted octanol–water partition coefficient (Wildman–Crippen LogP) is 3.58. The molecule has 2 heterocycles. The fourth-order valence-electron chi connectivity index (χ4n) is 5.39. The van der Waals surface area contributed by atoms with Crippen molar-refractivity contribution in [1.82, 2.24) is 20.4 Å². The molecule has 0 bridgehead atoms. The molecule has 2 aromatic rings. The van der Waals surface area contributed by atoms with Crippen molar-refractivity contribution >= 4 is 12.1 Å². The van der Waals surface area contributed by atoms with Gasteiger partial charge in [-0.05, 0) is 76.6 Å². The molecule has 8 nitrogen and oxygen atoms in total. The van der Waals surface area contributed by atoms with E-state index in [1.54, 1.807) is 9.80 Å². The van der Waals surface area contributed by atoms with Gasteiger partial charge in [0.25, 0.3) is 0 Å². The average molecular weight is 523 g/mol. The van der Waals surface area contributed by atoms with Crippen molar-refractivity contribution in [2.45, 2.75) is 103 Å². The lowest BCUT2D eigenvalue weighted by atomic mass is 9.84. The topological polar surface area (TPSA) is 105 Å². The first-order chi connectivity index (χ1) is 17.7. The summed E-state index contributed by atoms with van der Waals surface area (Å²) in [4.78, 5) is 30.0. The second-order valence-corrected chi connectivity index (χ2v) is 12.7. The molecule has 2 aromatic carbocycles. The third-order valence-electron chi connectivity index (χ3n) is 7.20. The number of benzene rings is 2. The van der Waals surface area contributed by atoms with Gasteiger partial charge >= 0.3 is 12.1 Å². The molecule has 0 aromatic heterocycles. The smallest absolute Gasteiger partial charge is 0.318 e. The summed E-state index contributed by atoms with van der Waals surface area (Å²) < 4.78 is 0. The molecule has 1 unspecified atom stereocenters. The number of fused-ring (bicyclic) bond motifs is 2. The second kappa shape index (κ2) is 10.6. The number of carbonyl (C=O) groups is 2. The molecule has 0 saturated carbocycles. The van der Waals surface area contributed by atoms with E-state index in [0.29, 0.717) is 25.9 Å². The third kappa shape index (κ3) is 6.30. The maximum Gasteiger partial charge on any atom is 0.318 e. The summed E-state index contributed by atoms with van der Waals surface area (Å²) in [5.74, 6) is 0. The summed E-state index contributed by atoms with van der Waals surface area (Å²) in [5, 5.41) is 29.4. The zero-order chi connectivity index (χ0) is 27.8. The lowest BCUT2D eigenvalue weighted by Gasteiger charge is -2.46. The average Bonchev–Trinajstić information content (AvgIpc) is 2.84. The molecule has 0 aliphatic carbocycles. The number of aliphatic hydroxyl groups is 2.